The van der Waals surface area contributed by atoms with Crippen LogP contribution in [0.1, 0.15) is 13.3 Å². The normalized spacial score (nSPS) is 11.9. The maximum Gasteiger partial charge on any atom is 0.310 e. The van der Waals surface area contributed by atoms with Crippen LogP contribution in [0, 0.1) is 5.92 Å². The molecule has 0 saturated carbocycles. The van der Waals surface area contributed by atoms with Crippen LogP contribution >= 0.6 is 11.6 Å². The van der Waals surface area contributed by atoms with E-state index in [0.717, 1.165) is 12.1 Å². The van der Waals surface area contributed by atoms with Crippen molar-refractivity contribution in [3.05, 3.63) is 29.3 Å². The van der Waals surface area contributed by atoms with Crippen molar-refractivity contribution >= 4 is 23.3 Å². The van der Waals surface area contributed by atoms with E-state index in [0.29, 0.717) is 11.6 Å². The van der Waals surface area contributed by atoms with Crippen LogP contribution in [0.4, 0.5) is 5.69 Å². The maximum atomic E-state index is 11.4. The van der Waals surface area contributed by atoms with Gasteiger partial charge in [-0.05, 0) is 18.6 Å². The smallest absolute Gasteiger partial charge is 0.310 e. The number of hydrogen-bond donors (Lipinski definition) is 1. The molecule has 1 rings (SSSR count). The van der Waals surface area contributed by atoms with E-state index < -0.39 is 0 Å². The predicted molar refractivity (Wildman–Crippen MR) is 65.7 cm³/mol. The zero-order valence-corrected chi connectivity index (χ0v) is 10.3. The molecule has 0 aliphatic carbocycles. The average Bonchev–Trinajstić information content (AvgIpc) is 2.31. The van der Waals surface area contributed by atoms with E-state index in [2.05, 4.69) is 5.32 Å². The lowest BCUT2D eigenvalue weighted by Crippen LogP contribution is -2.23. The van der Waals surface area contributed by atoms with Crippen LogP contribution < -0.4 is 5.32 Å². The SMILES string of the molecule is CCC(CNc1ccccc1Cl)C(=O)OC. The minimum Gasteiger partial charge on any atom is -0.469 e. The number of nitrogens with one attached hydrogen (secondary N) is 1. The molecule has 0 aliphatic heterocycles. The minimum absolute atomic E-state index is 0.138. The zero-order chi connectivity index (χ0) is 12.0. The van der Waals surface area contributed by atoms with E-state index in [1.807, 2.05) is 31.2 Å². The summed E-state index contributed by atoms with van der Waals surface area (Å²) in [4.78, 5) is 11.4. The number of ether oxygens (including phenoxy) is 1. The van der Waals surface area contributed by atoms with Gasteiger partial charge in [0.25, 0.3) is 0 Å². The van der Waals surface area contributed by atoms with Crippen molar-refractivity contribution in [2.24, 2.45) is 5.92 Å². The number of halogens is 1. The number of benzene rings is 1. The Morgan fingerprint density at radius 3 is 2.75 bits per heavy atom. The first-order valence-corrected chi connectivity index (χ1v) is 5.63. The molecule has 0 aromatic heterocycles. The quantitative estimate of drug-likeness (QED) is 0.806. The van der Waals surface area contributed by atoms with E-state index in [9.17, 15) is 4.79 Å². The first-order chi connectivity index (χ1) is 7.69. The molecule has 1 aromatic rings. The van der Waals surface area contributed by atoms with E-state index in [-0.39, 0.29) is 11.9 Å². The minimum atomic E-state index is -0.193. The van der Waals surface area contributed by atoms with Gasteiger partial charge in [-0.15, -0.1) is 0 Å². The second-order valence-electron chi connectivity index (χ2n) is 3.49. The third-order valence-electron chi connectivity index (χ3n) is 2.44. The Morgan fingerprint density at radius 2 is 2.19 bits per heavy atom. The Kier molecular flexibility index (Phi) is 5.12. The van der Waals surface area contributed by atoms with Crippen molar-refractivity contribution in [3.63, 3.8) is 0 Å². The molecule has 1 aromatic carbocycles. The summed E-state index contributed by atoms with van der Waals surface area (Å²) in [6, 6.07) is 7.45. The van der Waals surface area contributed by atoms with Crippen LogP contribution in [-0.2, 0) is 9.53 Å². The number of rotatable bonds is 5. The lowest BCUT2D eigenvalue weighted by atomic mass is 10.1. The Morgan fingerprint density at radius 1 is 1.50 bits per heavy atom. The van der Waals surface area contributed by atoms with E-state index >= 15 is 0 Å². The molecule has 88 valence electrons. The Bertz CT molecular complexity index is 355. The number of carbonyl (C=O) groups excluding carboxylic acids is 1. The molecule has 0 bridgehead atoms. The van der Waals surface area contributed by atoms with E-state index in [1.54, 1.807) is 0 Å². The molecule has 0 radical (unpaired) electrons. The van der Waals surface area contributed by atoms with Crippen molar-refractivity contribution in [2.75, 3.05) is 19.0 Å². The summed E-state index contributed by atoms with van der Waals surface area (Å²) < 4.78 is 4.71. The van der Waals surface area contributed by atoms with Gasteiger partial charge in [-0.25, -0.2) is 0 Å². The highest BCUT2D eigenvalue weighted by Crippen LogP contribution is 2.21. The summed E-state index contributed by atoms with van der Waals surface area (Å²) in [6.07, 6.45) is 0.740. The molecule has 1 unspecified atom stereocenters. The molecule has 0 aliphatic rings. The van der Waals surface area contributed by atoms with Gasteiger partial charge in [-0.2, -0.15) is 0 Å². The fraction of sp³-hybridized carbons (Fsp3) is 0.417. The monoisotopic (exact) mass is 241 g/mol. The molecule has 4 heteroatoms. The summed E-state index contributed by atoms with van der Waals surface area (Å²) in [5.74, 6) is -0.330. The summed E-state index contributed by atoms with van der Waals surface area (Å²) >= 11 is 5.99. The van der Waals surface area contributed by atoms with E-state index in [4.69, 9.17) is 16.3 Å². The molecule has 1 N–H and O–H groups in total. The van der Waals surface area contributed by atoms with Gasteiger partial charge >= 0.3 is 5.97 Å². The molecule has 16 heavy (non-hydrogen) atoms. The molecule has 1 atom stereocenters. The fourth-order valence-electron chi connectivity index (χ4n) is 1.40. The van der Waals surface area contributed by atoms with Gasteiger partial charge in [0.1, 0.15) is 0 Å². The number of methoxy groups -OCH3 is 1. The molecular formula is C12H16ClNO2. The topological polar surface area (TPSA) is 38.3 Å². The van der Waals surface area contributed by atoms with Gasteiger partial charge in [-0.1, -0.05) is 30.7 Å². The highest BCUT2D eigenvalue weighted by atomic mass is 35.5. The molecule has 0 amide bonds. The van der Waals surface area contributed by atoms with Gasteiger partial charge in [0.05, 0.1) is 23.7 Å². The highest BCUT2D eigenvalue weighted by molar-refractivity contribution is 6.33. The third-order valence-corrected chi connectivity index (χ3v) is 2.77. The van der Waals surface area contributed by atoms with E-state index in [1.165, 1.54) is 7.11 Å². The Labute approximate surface area is 101 Å². The summed E-state index contributed by atoms with van der Waals surface area (Å²) in [5, 5.41) is 3.80. The first kappa shape index (κ1) is 12.8. The molecule has 0 heterocycles. The van der Waals surface area contributed by atoms with Gasteiger partial charge in [0.2, 0.25) is 0 Å². The predicted octanol–water partition coefficient (Wildman–Crippen LogP) is 2.95. The summed E-state index contributed by atoms with van der Waals surface area (Å²) in [5.41, 5.74) is 0.839. The largest absolute Gasteiger partial charge is 0.469 e. The van der Waals surface area contributed by atoms with Crippen molar-refractivity contribution in [3.8, 4) is 0 Å². The maximum absolute atomic E-state index is 11.4. The van der Waals surface area contributed by atoms with Gasteiger partial charge < -0.3 is 10.1 Å². The second-order valence-corrected chi connectivity index (χ2v) is 3.90. The van der Waals surface area contributed by atoms with Crippen LogP contribution in [0.15, 0.2) is 24.3 Å². The third kappa shape index (κ3) is 3.42. The van der Waals surface area contributed by atoms with Crippen LogP contribution in [0.2, 0.25) is 5.02 Å². The highest BCUT2D eigenvalue weighted by Gasteiger charge is 2.16. The number of hydrogen-bond acceptors (Lipinski definition) is 3. The molecule has 0 saturated heterocycles. The Balaban J connectivity index is 2.56. The van der Waals surface area contributed by atoms with Gasteiger partial charge in [0.15, 0.2) is 0 Å². The number of esters is 1. The molecule has 3 nitrogen and oxygen atoms in total. The molecule has 0 spiro atoms. The van der Waals surface area contributed by atoms with Gasteiger partial charge in [0, 0.05) is 6.54 Å². The Hall–Kier alpha value is -1.22. The number of anilines is 1. The van der Waals surface area contributed by atoms with Crippen molar-refractivity contribution in [1.82, 2.24) is 0 Å². The standard InChI is InChI=1S/C12H16ClNO2/c1-3-9(12(15)16-2)8-14-11-7-5-4-6-10(11)13/h4-7,9,14H,3,8H2,1-2H3. The van der Waals surface area contributed by atoms with Crippen LogP contribution in [-0.4, -0.2) is 19.6 Å². The lowest BCUT2D eigenvalue weighted by molar-refractivity contribution is -0.145. The fourth-order valence-corrected chi connectivity index (χ4v) is 1.60. The lowest BCUT2D eigenvalue weighted by Gasteiger charge is -2.14. The number of para-hydroxylation sites is 1. The summed E-state index contributed by atoms with van der Waals surface area (Å²) in [6.45, 7) is 2.49. The molecular weight excluding hydrogens is 226 g/mol. The van der Waals surface area contributed by atoms with Gasteiger partial charge in [-0.3, -0.25) is 4.79 Å². The summed E-state index contributed by atoms with van der Waals surface area (Å²) in [7, 11) is 1.40. The van der Waals surface area contributed by atoms with Crippen molar-refractivity contribution < 1.29 is 9.53 Å². The van der Waals surface area contributed by atoms with Crippen LogP contribution in [0.25, 0.3) is 0 Å². The first-order valence-electron chi connectivity index (χ1n) is 5.25. The number of carbonyl (C=O) groups is 1. The zero-order valence-electron chi connectivity index (χ0n) is 9.50. The van der Waals surface area contributed by atoms with Crippen LogP contribution in [0.5, 0.6) is 0 Å². The molecule has 0 fully saturated rings. The van der Waals surface area contributed by atoms with Crippen molar-refractivity contribution in [2.45, 2.75) is 13.3 Å². The average molecular weight is 242 g/mol. The van der Waals surface area contributed by atoms with Crippen molar-refractivity contribution in [1.29, 1.82) is 0 Å². The van der Waals surface area contributed by atoms with Crippen LogP contribution in [0.3, 0.4) is 0 Å². The second kappa shape index (κ2) is 6.38.